The second-order valence-corrected chi connectivity index (χ2v) is 9.94. The fourth-order valence-electron chi connectivity index (χ4n) is 4.33. The Hall–Kier alpha value is -3.62. The van der Waals surface area contributed by atoms with Gasteiger partial charge in [-0.2, -0.15) is 0 Å². The molecule has 0 fully saturated rings. The van der Waals surface area contributed by atoms with Crippen LogP contribution >= 0.6 is 0 Å². The Kier molecular flexibility index (Phi) is 6.93. The number of benzene rings is 2. The van der Waals surface area contributed by atoms with E-state index in [1.807, 2.05) is 32.6 Å². The molecule has 1 aromatic heterocycles. The van der Waals surface area contributed by atoms with Crippen LogP contribution in [-0.4, -0.2) is 34.1 Å². The van der Waals surface area contributed by atoms with Crippen molar-refractivity contribution in [3.05, 3.63) is 70.9 Å². The van der Waals surface area contributed by atoms with Gasteiger partial charge >= 0.3 is 0 Å². The molecule has 2 N–H and O–H groups in total. The number of nitrogens with two attached hydrogens (primary N) is 1. The van der Waals surface area contributed by atoms with E-state index in [2.05, 4.69) is 9.97 Å². The second-order valence-electron chi connectivity index (χ2n) is 9.94. The van der Waals surface area contributed by atoms with Gasteiger partial charge in [-0.25, -0.2) is 23.1 Å². The molecule has 0 spiro atoms. The number of anilines is 1. The Balaban J connectivity index is 1.66. The SMILES string of the molecule is CC(C)N1CC(C)(C)Oc2c(F)cc(-c3nc(Cc4ccc(CCC(N)=O)c(F)c4)ncc3F)cc21. The van der Waals surface area contributed by atoms with Crippen LogP contribution in [0.5, 0.6) is 5.75 Å². The number of carbonyl (C=O) groups is 1. The van der Waals surface area contributed by atoms with E-state index in [-0.39, 0.29) is 48.1 Å². The predicted octanol–water partition coefficient (Wildman–Crippen LogP) is 4.96. The average molecular weight is 499 g/mol. The molecule has 1 amide bonds. The number of carbonyl (C=O) groups excluding carboxylic acids is 1. The molecule has 3 aromatic rings. The number of aromatic nitrogens is 2. The zero-order valence-corrected chi connectivity index (χ0v) is 20.7. The van der Waals surface area contributed by atoms with Crippen molar-refractivity contribution >= 4 is 11.6 Å². The number of aryl methyl sites for hydroxylation is 1. The molecule has 1 aliphatic heterocycles. The van der Waals surface area contributed by atoms with Crippen LogP contribution in [0.3, 0.4) is 0 Å². The summed E-state index contributed by atoms with van der Waals surface area (Å²) < 4.78 is 50.4. The van der Waals surface area contributed by atoms with E-state index in [9.17, 15) is 13.6 Å². The lowest BCUT2D eigenvalue weighted by Crippen LogP contribution is -2.49. The van der Waals surface area contributed by atoms with Crippen molar-refractivity contribution in [2.75, 3.05) is 11.4 Å². The molecule has 2 aromatic carbocycles. The zero-order chi connectivity index (χ0) is 26.2. The van der Waals surface area contributed by atoms with Gasteiger partial charge in [0.05, 0.1) is 18.4 Å². The lowest BCUT2D eigenvalue weighted by atomic mass is 10.0. The van der Waals surface area contributed by atoms with Crippen LogP contribution in [0.1, 0.15) is 51.1 Å². The van der Waals surface area contributed by atoms with Crippen LogP contribution in [0.4, 0.5) is 18.9 Å². The van der Waals surface area contributed by atoms with Crippen LogP contribution in [0.25, 0.3) is 11.3 Å². The predicted molar refractivity (Wildman–Crippen MR) is 131 cm³/mol. The first kappa shape index (κ1) is 25.5. The fourth-order valence-corrected chi connectivity index (χ4v) is 4.33. The molecule has 0 saturated carbocycles. The maximum absolute atomic E-state index is 15.2. The Labute approximate surface area is 208 Å². The van der Waals surface area contributed by atoms with Crippen molar-refractivity contribution in [2.45, 2.75) is 58.6 Å². The summed E-state index contributed by atoms with van der Waals surface area (Å²) in [6.45, 7) is 8.32. The molecule has 2 heterocycles. The van der Waals surface area contributed by atoms with Crippen LogP contribution in [0.2, 0.25) is 0 Å². The van der Waals surface area contributed by atoms with Crippen LogP contribution in [0, 0.1) is 17.5 Å². The van der Waals surface area contributed by atoms with Crippen molar-refractivity contribution in [3.63, 3.8) is 0 Å². The van der Waals surface area contributed by atoms with Gasteiger partial charge in [-0.15, -0.1) is 0 Å². The maximum atomic E-state index is 15.2. The number of ether oxygens (including phenoxy) is 1. The molecular weight excluding hydrogens is 469 g/mol. The van der Waals surface area contributed by atoms with Crippen molar-refractivity contribution in [1.29, 1.82) is 0 Å². The van der Waals surface area contributed by atoms with Crippen molar-refractivity contribution < 1.29 is 22.7 Å². The van der Waals surface area contributed by atoms with Gasteiger partial charge in [-0.3, -0.25) is 4.79 Å². The summed E-state index contributed by atoms with van der Waals surface area (Å²) in [7, 11) is 0. The third-order valence-corrected chi connectivity index (χ3v) is 6.07. The second kappa shape index (κ2) is 9.79. The van der Waals surface area contributed by atoms with E-state index < -0.39 is 29.0 Å². The topological polar surface area (TPSA) is 81.3 Å². The van der Waals surface area contributed by atoms with Crippen molar-refractivity contribution in [2.24, 2.45) is 5.73 Å². The first-order valence-corrected chi connectivity index (χ1v) is 11.8. The molecule has 190 valence electrons. The van der Waals surface area contributed by atoms with Crippen molar-refractivity contribution in [1.82, 2.24) is 9.97 Å². The minimum absolute atomic E-state index is 0.0474. The summed E-state index contributed by atoms with van der Waals surface area (Å²) in [5.74, 6) is -1.88. The Bertz CT molecular complexity index is 1310. The van der Waals surface area contributed by atoms with Gasteiger partial charge in [0.25, 0.3) is 0 Å². The fraction of sp³-hybridized carbons (Fsp3) is 0.370. The summed E-state index contributed by atoms with van der Waals surface area (Å²) in [6, 6.07) is 7.56. The summed E-state index contributed by atoms with van der Waals surface area (Å²) in [5.41, 5.74) is 6.25. The van der Waals surface area contributed by atoms with Gasteiger partial charge in [0.15, 0.2) is 17.4 Å². The molecule has 1 aliphatic rings. The molecular formula is C27H29F3N4O2. The summed E-state index contributed by atoms with van der Waals surface area (Å²) in [4.78, 5) is 21.4. The first-order chi connectivity index (χ1) is 16.9. The van der Waals surface area contributed by atoms with Crippen LogP contribution in [0.15, 0.2) is 36.5 Å². The van der Waals surface area contributed by atoms with Gasteiger partial charge in [0.2, 0.25) is 5.91 Å². The number of primary amides is 1. The summed E-state index contributed by atoms with van der Waals surface area (Å²) in [5, 5.41) is 0. The molecule has 6 nitrogen and oxygen atoms in total. The molecule has 4 rings (SSSR count). The molecule has 0 saturated heterocycles. The van der Waals surface area contributed by atoms with E-state index in [1.54, 1.807) is 18.2 Å². The van der Waals surface area contributed by atoms with E-state index in [4.69, 9.17) is 10.5 Å². The van der Waals surface area contributed by atoms with E-state index >= 15 is 4.39 Å². The summed E-state index contributed by atoms with van der Waals surface area (Å²) >= 11 is 0. The lowest BCUT2D eigenvalue weighted by Gasteiger charge is -2.43. The molecule has 0 bridgehead atoms. The third-order valence-electron chi connectivity index (χ3n) is 6.07. The van der Waals surface area contributed by atoms with Gasteiger partial charge in [0, 0.05) is 24.4 Å². The monoisotopic (exact) mass is 498 g/mol. The maximum Gasteiger partial charge on any atom is 0.217 e. The zero-order valence-electron chi connectivity index (χ0n) is 20.7. The van der Waals surface area contributed by atoms with E-state index in [0.29, 0.717) is 23.4 Å². The molecule has 0 unspecified atom stereocenters. The largest absolute Gasteiger partial charge is 0.481 e. The normalized spacial score (nSPS) is 14.5. The molecule has 0 radical (unpaired) electrons. The number of amides is 1. The van der Waals surface area contributed by atoms with Gasteiger partial charge in [0.1, 0.15) is 22.9 Å². The quantitative estimate of drug-likeness (QED) is 0.498. The summed E-state index contributed by atoms with van der Waals surface area (Å²) in [6.07, 6.45) is 1.43. The molecule has 0 aliphatic carbocycles. The lowest BCUT2D eigenvalue weighted by molar-refractivity contribution is -0.118. The molecule has 0 atom stereocenters. The smallest absolute Gasteiger partial charge is 0.217 e. The minimum Gasteiger partial charge on any atom is -0.481 e. The number of hydrogen-bond donors (Lipinski definition) is 1. The standard InChI is InChI=1S/C27H29F3N4O2/c1-15(2)34-14-27(3,4)36-26-20(29)11-18(12-22(26)34)25-21(30)13-32-24(33-25)10-16-5-6-17(19(28)9-16)7-8-23(31)35/h5-6,9,11-13,15H,7-8,10,14H2,1-4H3,(H2,31,35). The first-order valence-electron chi connectivity index (χ1n) is 11.8. The Morgan fingerprint density at radius 3 is 2.56 bits per heavy atom. The van der Waals surface area contributed by atoms with Crippen LogP contribution < -0.4 is 15.4 Å². The molecule has 9 heteroatoms. The number of nitrogens with zero attached hydrogens (tertiary/aromatic N) is 3. The Morgan fingerprint density at radius 2 is 1.89 bits per heavy atom. The van der Waals surface area contributed by atoms with Gasteiger partial charge in [-0.1, -0.05) is 12.1 Å². The van der Waals surface area contributed by atoms with Crippen LogP contribution in [-0.2, 0) is 17.6 Å². The number of rotatable bonds is 7. The average Bonchev–Trinajstić information content (AvgIpc) is 2.79. The van der Waals surface area contributed by atoms with E-state index in [0.717, 1.165) is 6.20 Å². The highest BCUT2D eigenvalue weighted by molar-refractivity contribution is 5.74. The van der Waals surface area contributed by atoms with E-state index in [1.165, 1.54) is 12.1 Å². The van der Waals surface area contributed by atoms with Gasteiger partial charge in [-0.05, 0) is 63.4 Å². The van der Waals surface area contributed by atoms with Gasteiger partial charge < -0.3 is 15.4 Å². The van der Waals surface area contributed by atoms with Crippen molar-refractivity contribution in [3.8, 4) is 17.0 Å². The number of halogens is 3. The molecule has 36 heavy (non-hydrogen) atoms. The highest BCUT2D eigenvalue weighted by atomic mass is 19.1. The highest BCUT2D eigenvalue weighted by Gasteiger charge is 2.35. The number of fused-ring (bicyclic) bond motifs is 1. The minimum atomic E-state index is -0.695. The third kappa shape index (κ3) is 5.45. The Morgan fingerprint density at radius 1 is 1.14 bits per heavy atom. The highest BCUT2D eigenvalue weighted by Crippen LogP contribution is 2.42. The number of hydrogen-bond acceptors (Lipinski definition) is 5.